The number of amides is 2. The third-order valence-electron chi connectivity index (χ3n) is 7.56. The molecule has 1 atom stereocenters. The Balaban J connectivity index is 1.69. The number of nitrogens with zero attached hydrogens (tertiary/aromatic N) is 2. The van der Waals surface area contributed by atoms with E-state index in [1.165, 1.54) is 24.1 Å². The number of benzene rings is 3. The number of anilines is 1. The number of hydrogen-bond donors (Lipinski definition) is 1. The van der Waals surface area contributed by atoms with E-state index >= 15 is 0 Å². The van der Waals surface area contributed by atoms with E-state index < -0.39 is 28.5 Å². The molecule has 3 aromatic carbocycles. The molecule has 1 aliphatic carbocycles. The number of methoxy groups -OCH3 is 1. The lowest BCUT2D eigenvalue weighted by molar-refractivity contribution is -0.139. The molecule has 1 N–H and O–H groups in total. The first kappa shape index (κ1) is 30.1. The molecule has 1 aliphatic rings. The van der Waals surface area contributed by atoms with Crippen molar-refractivity contribution in [2.45, 2.75) is 69.5 Å². The molecule has 8 nitrogen and oxygen atoms in total. The largest absolute Gasteiger partial charge is 0.495 e. The summed E-state index contributed by atoms with van der Waals surface area (Å²) in [5.74, 6) is -0.428. The third-order valence-corrected chi connectivity index (χ3v) is 9.33. The zero-order chi connectivity index (χ0) is 29.4. The van der Waals surface area contributed by atoms with Gasteiger partial charge < -0.3 is 15.0 Å². The molecule has 218 valence electrons. The van der Waals surface area contributed by atoms with Crippen LogP contribution < -0.4 is 14.4 Å². The molecule has 3 aromatic rings. The topological polar surface area (TPSA) is 96.0 Å². The quantitative estimate of drug-likeness (QED) is 0.344. The molecule has 0 aromatic heterocycles. The van der Waals surface area contributed by atoms with Crippen LogP contribution in [0.4, 0.5) is 5.69 Å². The Hall–Kier alpha value is -3.85. The Morgan fingerprint density at radius 1 is 0.927 bits per heavy atom. The Morgan fingerprint density at radius 3 is 2.22 bits per heavy atom. The van der Waals surface area contributed by atoms with E-state index in [0.29, 0.717) is 5.75 Å². The zero-order valence-electron chi connectivity index (χ0n) is 24.0. The molecule has 0 heterocycles. The van der Waals surface area contributed by atoms with Gasteiger partial charge in [-0.2, -0.15) is 0 Å². The molecule has 2 amide bonds. The Labute approximate surface area is 243 Å². The fraction of sp³-hybridized carbons (Fsp3) is 0.375. The van der Waals surface area contributed by atoms with Crippen molar-refractivity contribution in [1.29, 1.82) is 0 Å². The van der Waals surface area contributed by atoms with E-state index in [2.05, 4.69) is 5.32 Å². The zero-order valence-corrected chi connectivity index (χ0v) is 24.8. The molecular weight excluding hydrogens is 538 g/mol. The molecule has 41 heavy (non-hydrogen) atoms. The fourth-order valence-electron chi connectivity index (χ4n) is 5.11. The van der Waals surface area contributed by atoms with Gasteiger partial charge in [0.1, 0.15) is 18.3 Å². The van der Waals surface area contributed by atoms with Gasteiger partial charge in [0, 0.05) is 12.6 Å². The van der Waals surface area contributed by atoms with Gasteiger partial charge in [0.2, 0.25) is 11.8 Å². The highest BCUT2D eigenvalue weighted by atomic mass is 32.2. The second-order valence-corrected chi connectivity index (χ2v) is 12.4. The van der Waals surface area contributed by atoms with Crippen molar-refractivity contribution in [3.8, 4) is 5.75 Å². The van der Waals surface area contributed by atoms with E-state index in [1.807, 2.05) is 31.2 Å². The minimum Gasteiger partial charge on any atom is -0.495 e. The highest BCUT2D eigenvalue weighted by molar-refractivity contribution is 7.92. The first-order valence-corrected chi connectivity index (χ1v) is 15.5. The van der Waals surface area contributed by atoms with E-state index in [0.717, 1.165) is 47.5 Å². The van der Waals surface area contributed by atoms with Crippen LogP contribution in [0.3, 0.4) is 0 Å². The summed E-state index contributed by atoms with van der Waals surface area (Å²) in [5, 5.41) is 3.12. The first-order valence-electron chi connectivity index (χ1n) is 14.1. The van der Waals surface area contributed by atoms with Gasteiger partial charge in [-0.25, -0.2) is 8.42 Å². The van der Waals surface area contributed by atoms with E-state index in [4.69, 9.17) is 4.74 Å². The Kier molecular flexibility index (Phi) is 10.0. The molecule has 0 saturated heterocycles. The lowest BCUT2D eigenvalue weighted by Gasteiger charge is -2.33. The number of ether oxygens (including phenoxy) is 1. The molecule has 0 unspecified atom stereocenters. The number of para-hydroxylation sites is 2. The van der Waals surface area contributed by atoms with Crippen LogP contribution in [0.5, 0.6) is 5.75 Å². The van der Waals surface area contributed by atoms with Crippen molar-refractivity contribution in [2.24, 2.45) is 0 Å². The summed E-state index contributed by atoms with van der Waals surface area (Å²) in [6, 6.07) is 21.7. The number of carbonyl (C=O) groups excluding carboxylic acids is 2. The van der Waals surface area contributed by atoms with Crippen molar-refractivity contribution in [3.05, 3.63) is 90.0 Å². The molecule has 4 rings (SSSR count). The van der Waals surface area contributed by atoms with Gasteiger partial charge in [-0.05, 0) is 56.5 Å². The number of carbonyl (C=O) groups is 2. The van der Waals surface area contributed by atoms with Gasteiger partial charge in [0.05, 0.1) is 17.7 Å². The van der Waals surface area contributed by atoms with Crippen molar-refractivity contribution in [2.75, 3.05) is 18.0 Å². The van der Waals surface area contributed by atoms with Gasteiger partial charge in [-0.3, -0.25) is 13.9 Å². The third kappa shape index (κ3) is 7.47. The highest BCUT2D eigenvalue weighted by Crippen LogP contribution is 2.32. The summed E-state index contributed by atoms with van der Waals surface area (Å²) < 4.78 is 34.4. The normalized spacial score (nSPS) is 14.6. The Bertz CT molecular complexity index is 1420. The number of aryl methyl sites for hydroxylation is 1. The second-order valence-electron chi connectivity index (χ2n) is 10.5. The summed E-state index contributed by atoms with van der Waals surface area (Å²) in [6.07, 6.45) is 5.13. The number of sulfonamides is 1. The minimum atomic E-state index is -4.16. The maximum absolute atomic E-state index is 14.1. The molecule has 9 heteroatoms. The lowest BCUT2D eigenvalue weighted by Crippen LogP contribution is -2.53. The summed E-state index contributed by atoms with van der Waals surface area (Å²) in [5.41, 5.74) is 2.16. The molecule has 0 spiro atoms. The van der Waals surface area contributed by atoms with Crippen LogP contribution in [-0.2, 0) is 26.2 Å². The van der Waals surface area contributed by atoms with Crippen LogP contribution in [0, 0.1) is 6.92 Å². The molecule has 1 fully saturated rings. The van der Waals surface area contributed by atoms with Gasteiger partial charge in [-0.1, -0.05) is 79.4 Å². The minimum absolute atomic E-state index is 0.0480. The standard InChI is InChI=1S/C32H39N3O5S/c1-24-18-20-26(21-19-24)22-34(25(2)32(37)33-27-12-6-4-7-13-27)31(36)23-35(29-16-10-11-17-30(29)40-3)41(38,39)28-14-8-5-9-15-28/h5,8-11,14-21,25,27H,4,6-7,12-13,22-23H2,1-3H3,(H,33,37)/t25-/m1/s1. The van der Waals surface area contributed by atoms with Crippen LogP contribution in [0.15, 0.2) is 83.8 Å². The van der Waals surface area contributed by atoms with Gasteiger partial charge >= 0.3 is 0 Å². The lowest BCUT2D eigenvalue weighted by atomic mass is 9.95. The van der Waals surface area contributed by atoms with E-state index in [-0.39, 0.29) is 29.1 Å². The molecule has 1 saturated carbocycles. The Morgan fingerprint density at radius 2 is 1.56 bits per heavy atom. The van der Waals surface area contributed by atoms with Crippen LogP contribution in [-0.4, -0.2) is 50.9 Å². The van der Waals surface area contributed by atoms with E-state index in [1.54, 1.807) is 49.4 Å². The smallest absolute Gasteiger partial charge is 0.264 e. The van der Waals surface area contributed by atoms with E-state index in [9.17, 15) is 18.0 Å². The SMILES string of the molecule is COc1ccccc1N(CC(=O)N(Cc1ccc(C)cc1)[C@H](C)C(=O)NC1CCCCC1)S(=O)(=O)c1ccccc1. The molecule has 0 bridgehead atoms. The number of nitrogens with one attached hydrogen (secondary N) is 1. The fourth-order valence-corrected chi connectivity index (χ4v) is 6.56. The van der Waals surface area contributed by atoms with Crippen LogP contribution in [0.1, 0.15) is 50.2 Å². The predicted octanol–water partition coefficient (Wildman–Crippen LogP) is 5.07. The van der Waals surface area contributed by atoms with Crippen LogP contribution >= 0.6 is 0 Å². The molecule has 0 radical (unpaired) electrons. The maximum atomic E-state index is 14.1. The average molecular weight is 578 g/mol. The summed E-state index contributed by atoms with van der Waals surface area (Å²) in [6.45, 7) is 3.32. The van der Waals surface area contributed by atoms with Crippen molar-refractivity contribution < 1.29 is 22.7 Å². The number of hydrogen-bond acceptors (Lipinski definition) is 5. The molecule has 0 aliphatic heterocycles. The summed E-state index contributed by atoms with van der Waals surface area (Å²) >= 11 is 0. The van der Waals surface area contributed by atoms with Gasteiger partial charge in [-0.15, -0.1) is 0 Å². The van der Waals surface area contributed by atoms with Gasteiger partial charge in [0.15, 0.2) is 0 Å². The second kappa shape index (κ2) is 13.7. The number of rotatable bonds is 11. The van der Waals surface area contributed by atoms with Crippen molar-refractivity contribution in [1.82, 2.24) is 10.2 Å². The first-order chi connectivity index (χ1) is 19.7. The van der Waals surface area contributed by atoms with Crippen LogP contribution in [0.25, 0.3) is 0 Å². The summed E-state index contributed by atoms with van der Waals surface area (Å²) in [4.78, 5) is 29.0. The maximum Gasteiger partial charge on any atom is 0.264 e. The van der Waals surface area contributed by atoms with Crippen molar-refractivity contribution in [3.63, 3.8) is 0 Å². The van der Waals surface area contributed by atoms with Gasteiger partial charge in [0.25, 0.3) is 10.0 Å². The monoisotopic (exact) mass is 577 g/mol. The predicted molar refractivity (Wildman–Crippen MR) is 160 cm³/mol. The highest BCUT2D eigenvalue weighted by Gasteiger charge is 2.34. The molecular formula is C32H39N3O5S. The average Bonchev–Trinajstić information content (AvgIpc) is 3.00. The van der Waals surface area contributed by atoms with Crippen molar-refractivity contribution >= 4 is 27.5 Å². The van der Waals surface area contributed by atoms with Crippen LogP contribution in [0.2, 0.25) is 0 Å². The summed E-state index contributed by atoms with van der Waals surface area (Å²) in [7, 11) is -2.70.